The summed E-state index contributed by atoms with van der Waals surface area (Å²) in [7, 11) is 0. The van der Waals surface area contributed by atoms with Crippen molar-refractivity contribution in [2.24, 2.45) is 23.7 Å². The van der Waals surface area contributed by atoms with Crippen LogP contribution in [0.4, 0.5) is 0 Å². The van der Waals surface area contributed by atoms with Gasteiger partial charge in [0.25, 0.3) is 0 Å². The van der Waals surface area contributed by atoms with E-state index in [9.17, 15) is 110 Å². The number of esters is 6. The normalized spacial score (nSPS) is 41.6. The lowest BCUT2D eigenvalue weighted by Crippen LogP contribution is -2.69. The van der Waals surface area contributed by atoms with E-state index in [2.05, 4.69) is 0 Å². The van der Waals surface area contributed by atoms with Crippen LogP contribution in [-0.4, -0.2) is 384 Å². The van der Waals surface area contributed by atoms with Gasteiger partial charge in [0, 0.05) is 12.0 Å². The van der Waals surface area contributed by atoms with Crippen molar-refractivity contribution in [3.05, 3.63) is 11.6 Å². The molecule has 0 aliphatic carbocycles. The van der Waals surface area contributed by atoms with Gasteiger partial charge in [0.05, 0.1) is 80.6 Å². The SMILES string of the molecule is C/C=C(\C)C(=O)O[C@@H]1[C@@H](O)[C@@H]2O[C@H]3[C@H](O)[C@@H](COC(=O)[C@H](C)[C@@H](C)O)O[C@@H](OO[C@H]4[C@H](O[C@@H](CCCC)CCCCCCCCCCC(=O)O[C@@H]5[C@@H](OC[C@@H](O2)[C@H]1OC(=O)[C@@H](C)CC)O[C@@H](CO[C@@H]1O[C@H](CO)[C@@H](O)[C@H](O)[C@H]1O)[C@H](O)[C@H]5O)O[C@H](C)[C@@H](O)[C@@H]4O)[C@@H]3O[C@@H]1O[C@@H](C)[C@H](OC(=O)[C@H](C)[C@@H](C)O)[C@@H](O[C@@H]2O[C@H](CO)[C@@H](O)[C@H](O)[C@H]2O)[C@H]1OC(=O)[C@@H](C)CC. The number of unbranched alkanes of at least 4 members (excludes halogenated alkanes) is 1. The maximum absolute atomic E-state index is 14.7. The second-order valence-corrected chi connectivity index (χ2v) is 34.1. The number of aliphatic hydroxyl groups is 16. The Morgan fingerprint density at radius 2 is 0.992 bits per heavy atom. The molecular weight excluding hydrogens is 1680 g/mol. The molecule has 8 saturated heterocycles. The van der Waals surface area contributed by atoms with E-state index >= 15 is 0 Å². The molecule has 8 aliphatic rings. The van der Waals surface area contributed by atoms with Crippen molar-refractivity contribution in [1.82, 2.24) is 0 Å². The second-order valence-electron chi connectivity index (χ2n) is 34.1. The lowest BCUT2D eigenvalue weighted by molar-refractivity contribution is -0.484. The molecule has 0 radical (unpaired) electrons. The largest absolute Gasteiger partial charge is 0.463 e. The highest BCUT2D eigenvalue weighted by Gasteiger charge is 2.62. The molecule has 0 aromatic carbocycles. The molecular formula is C83H138O43. The molecule has 42 atom stereocenters. The maximum Gasteiger partial charge on any atom is 0.333 e. The number of hydrogen-bond donors (Lipinski definition) is 16. The van der Waals surface area contributed by atoms with Crippen molar-refractivity contribution in [1.29, 1.82) is 0 Å². The Labute approximate surface area is 731 Å². The number of carbonyl (C=O) groups excluding carboxylic acids is 6. The van der Waals surface area contributed by atoms with Crippen molar-refractivity contribution in [3.63, 3.8) is 0 Å². The number of hydrogen-bond acceptors (Lipinski definition) is 43. The van der Waals surface area contributed by atoms with Gasteiger partial charge in [0.15, 0.2) is 74.4 Å². The monoisotopic (exact) mass is 1820 g/mol. The minimum Gasteiger partial charge on any atom is -0.463 e. The van der Waals surface area contributed by atoms with E-state index in [-0.39, 0.29) is 31.3 Å². The number of carbonyl (C=O) groups is 6. The fourth-order valence-corrected chi connectivity index (χ4v) is 15.1. The molecule has 0 amide bonds. The van der Waals surface area contributed by atoms with Crippen LogP contribution in [0.3, 0.4) is 0 Å². The molecule has 0 aromatic rings. The standard InChI is InChI=1S/C83H138O43/c1-14-18-27-44-28-25-23-21-19-20-22-24-26-29-50(88)117-67-59(97)54(92)47(33-107-77-60(98)56(94)52(90)45(30-84)112-77)114-80(67)108-34-49-64(119-72(101)35(5)15-2)66(120-73(102)36(6)16-3)62(100)79(116-49)122-65-55(93)48(32-106-75(104)38(8)40(10)86)115-83(126-125-68-58(96)51(89)42(12)109-81(68)111-44)70(65)124-82-71(121-74(103)37(7)17-4)69(63(43(13)110-82)118-76(105)39(9)41(11)87)123-78-61(99)57(95)53(91)46(31-85)113-78/h16,35,37-49,51-71,77-87,89-100H,14-15,17-34H2,1-13H3/b36-16+/t35-,37-,38+,39+,40+,41+,42+,43-,44-,45+,46+,47-,48+,49+,51+,52+,53+,54-,55+,56-,57-,58-,59+,60+,61+,62+,63-,64+,65-,66+,67-,68+,69+,70+,71+,77+,78-,79-,80-,81-,82-,83-/m0/s1. The van der Waals surface area contributed by atoms with Crippen molar-refractivity contribution in [2.45, 2.75) is 420 Å². The van der Waals surface area contributed by atoms with Gasteiger partial charge in [-0.25, -0.2) is 14.6 Å². The predicted octanol–water partition coefficient (Wildman–Crippen LogP) is -2.39. The zero-order valence-corrected chi connectivity index (χ0v) is 73.6. The minimum atomic E-state index is -2.50. The van der Waals surface area contributed by atoms with E-state index in [0.29, 0.717) is 44.9 Å². The average molecular weight is 1820 g/mol. The number of ether oxygens (including phenoxy) is 19. The molecule has 43 heteroatoms. The van der Waals surface area contributed by atoms with Gasteiger partial charge in [-0.2, -0.15) is 0 Å². The van der Waals surface area contributed by atoms with E-state index in [1.54, 1.807) is 13.8 Å². The molecule has 8 rings (SSSR count). The fraction of sp³-hybridized carbons (Fsp3) is 0.904. The lowest BCUT2D eigenvalue weighted by atomic mass is 9.95. The van der Waals surface area contributed by atoms with E-state index in [4.69, 9.17) is 99.8 Å². The van der Waals surface area contributed by atoms with Crippen molar-refractivity contribution < 1.29 is 210 Å². The number of rotatable bonds is 27. The van der Waals surface area contributed by atoms with Crippen LogP contribution in [0.2, 0.25) is 0 Å². The van der Waals surface area contributed by atoms with E-state index in [1.807, 2.05) is 6.92 Å². The van der Waals surface area contributed by atoms with E-state index in [0.717, 1.165) is 25.7 Å². The van der Waals surface area contributed by atoms with E-state index < -0.39 is 326 Å². The first-order chi connectivity index (χ1) is 59.7. The molecule has 16 N–H and O–H groups in total. The number of aliphatic hydroxyl groups excluding tert-OH is 16. The summed E-state index contributed by atoms with van der Waals surface area (Å²) in [5, 5.41) is 182. The molecule has 0 unspecified atom stereocenters. The molecule has 43 nitrogen and oxygen atoms in total. The van der Waals surface area contributed by atoms with Crippen molar-refractivity contribution in [2.75, 3.05) is 33.0 Å². The zero-order valence-electron chi connectivity index (χ0n) is 73.6. The molecule has 0 spiro atoms. The van der Waals surface area contributed by atoms with Gasteiger partial charge < -0.3 is 172 Å². The maximum atomic E-state index is 14.7. The highest BCUT2D eigenvalue weighted by Crippen LogP contribution is 2.42. The molecule has 728 valence electrons. The molecule has 8 heterocycles. The predicted molar refractivity (Wildman–Crippen MR) is 422 cm³/mol. The fourth-order valence-electron chi connectivity index (χ4n) is 15.1. The molecule has 8 fully saturated rings. The summed E-state index contributed by atoms with van der Waals surface area (Å²) in [6.07, 6.45) is -65.8. The molecule has 0 saturated carbocycles. The summed E-state index contributed by atoms with van der Waals surface area (Å²) in [5.74, 6) is -11.0. The van der Waals surface area contributed by atoms with Crippen LogP contribution >= 0.6 is 0 Å². The number of allylic oxidation sites excluding steroid dienone is 1. The highest BCUT2D eigenvalue weighted by atomic mass is 17.2. The van der Waals surface area contributed by atoms with Crippen LogP contribution < -0.4 is 0 Å². The smallest absolute Gasteiger partial charge is 0.333 e. The van der Waals surface area contributed by atoms with Crippen LogP contribution in [0.1, 0.15) is 186 Å². The van der Waals surface area contributed by atoms with Crippen LogP contribution in [0, 0.1) is 23.7 Å². The Hall–Kier alpha value is -4.68. The van der Waals surface area contributed by atoms with Gasteiger partial charge >= 0.3 is 35.8 Å². The van der Waals surface area contributed by atoms with Gasteiger partial charge in [0.1, 0.15) is 129 Å². The summed E-state index contributed by atoms with van der Waals surface area (Å²) in [6.45, 7) is 13.9. The van der Waals surface area contributed by atoms with Crippen molar-refractivity contribution in [3.8, 4) is 0 Å². The minimum absolute atomic E-state index is 0.0633. The Kier molecular flexibility index (Phi) is 42.7. The summed E-state index contributed by atoms with van der Waals surface area (Å²) in [6, 6.07) is 0. The Morgan fingerprint density at radius 1 is 0.452 bits per heavy atom. The quantitative estimate of drug-likeness (QED) is 0.0176. The second kappa shape index (κ2) is 50.4. The molecule has 126 heavy (non-hydrogen) atoms. The van der Waals surface area contributed by atoms with Crippen molar-refractivity contribution >= 4 is 35.8 Å². The molecule has 8 aliphatic heterocycles. The van der Waals surface area contributed by atoms with Crippen LogP contribution in [0.25, 0.3) is 0 Å². The lowest BCUT2D eigenvalue weighted by Gasteiger charge is -2.51. The Morgan fingerprint density at radius 3 is 1.59 bits per heavy atom. The van der Waals surface area contributed by atoms with Gasteiger partial charge in [-0.1, -0.05) is 98.5 Å². The molecule has 4 bridgehead atoms. The van der Waals surface area contributed by atoms with Gasteiger partial charge in [0.2, 0.25) is 6.29 Å². The molecule has 0 aromatic heterocycles. The van der Waals surface area contributed by atoms with Crippen LogP contribution in [0.15, 0.2) is 11.6 Å². The first-order valence-electron chi connectivity index (χ1n) is 44.1. The third-order valence-electron chi connectivity index (χ3n) is 24.6. The Bertz CT molecular complexity index is 3340. The summed E-state index contributed by atoms with van der Waals surface area (Å²) in [5.41, 5.74) is -0.113. The highest BCUT2D eigenvalue weighted by molar-refractivity contribution is 5.87. The topological polar surface area (TPSA) is 620 Å². The van der Waals surface area contributed by atoms with Crippen LogP contribution in [-0.2, 0) is 129 Å². The third kappa shape index (κ3) is 27.5. The summed E-state index contributed by atoms with van der Waals surface area (Å²) < 4.78 is 119. The summed E-state index contributed by atoms with van der Waals surface area (Å²) >= 11 is 0. The van der Waals surface area contributed by atoms with Gasteiger partial charge in [-0.05, 0) is 87.5 Å². The zero-order chi connectivity index (χ0) is 93.0. The first-order valence-corrected chi connectivity index (χ1v) is 44.1. The first kappa shape index (κ1) is 107. The summed E-state index contributed by atoms with van der Waals surface area (Å²) in [4.78, 5) is 98.5. The van der Waals surface area contributed by atoms with Gasteiger partial charge in [-0.15, -0.1) is 0 Å². The Balaban J connectivity index is 1.36. The van der Waals surface area contributed by atoms with Crippen LogP contribution in [0.5, 0.6) is 0 Å². The average Bonchev–Trinajstić information content (AvgIpc) is 0.756. The van der Waals surface area contributed by atoms with E-state index in [1.165, 1.54) is 75.3 Å². The van der Waals surface area contributed by atoms with Gasteiger partial charge in [-0.3, -0.25) is 24.0 Å². The third-order valence-corrected chi connectivity index (χ3v) is 24.6. The number of fused-ring (bicyclic) bond motifs is 6.